The molecule has 0 unspecified atom stereocenters. The zero-order chi connectivity index (χ0) is 18.8. The molecule has 0 saturated heterocycles. The lowest BCUT2D eigenvalue weighted by Crippen LogP contribution is -2.37. The molecule has 3 heteroatoms. The zero-order valence-electron chi connectivity index (χ0n) is 15.3. The Hall–Kier alpha value is -3.07. The average molecular weight is 355 g/mol. The third kappa shape index (κ3) is 3.45. The zero-order valence-corrected chi connectivity index (χ0v) is 15.3. The molecule has 1 fully saturated rings. The van der Waals surface area contributed by atoms with E-state index in [1.807, 2.05) is 72.8 Å². The Morgan fingerprint density at radius 3 is 2.19 bits per heavy atom. The fourth-order valence-corrected chi connectivity index (χ4v) is 3.96. The Bertz CT molecular complexity index is 1010. The predicted molar refractivity (Wildman–Crippen MR) is 109 cm³/mol. The second kappa shape index (κ2) is 7.28. The van der Waals surface area contributed by atoms with Crippen LogP contribution in [0.5, 0.6) is 0 Å². The highest BCUT2D eigenvalue weighted by molar-refractivity contribution is 6.22. The molecule has 0 spiro atoms. The molecular formula is C24H21NO2. The van der Waals surface area contributed by atoms with Gasteiger partial charge >= 0.3 is 0 Å². The highest BCUT2D eigenvalue weighted by atomic mass is 16.2. The maximum absolute atomic E-state index is 12.8. The van der Waals surface area contributed by atoms with E-state index in [0.717, 1.165) is 22.0 Å². The summed E-state index contributed by atoms with van der Waals surface area (Å²) in [5.74, 6) is -0.792. The van der Waals surface area contributed by atoms with Crippen LogP contribution in [0.25, 0.3) is 10.8 Å². The van der Waals surface area contributed by atoms with Crippen molar-refractivity contribution in [3.8, 4) is 0 Å². The molecule has 4 rings (SSSR count). The first kappa shape index (κ1) is 17.3. The fraction of sp³-hybridized carbons (Fsp3) is 0.208. The number of ketones is 2. The predicted octanol–water partition coefficient (Wildman–Crippen LogP) is 5.26. The molecule has 0 aromatic heterocycles. The summed E-state index contributed by atoms with van der Waals surface area (Å²) < 4.78 is 0. The number of rotatable bonds is 3. The summed E-state index contributed by atoms with van der Waals surface area (Å²) in [6.07, 6.45) is 0.783. The summed E-state index contributed by atoms with van der Waals surface area (Å²) in [5, 5.41) is 2.12. The van der Waals surface area contributed by atoms with Gasteiger partial charge in [-0.3, -0.25) is 14.6 Å². The Morgan fingerprint density at radius 1 is 0.815 bits per heavy atom. The largest absolute Gasteiger partial charge is 0.298 e. The van der Waals surface area contributed by atoms with Crippen LogP contribution in [0, 0.1) is 5.92 Å². The van der Waals surface area contributed by atoms with Gasteiger partial charge in [0, 0.05) is 23.9 Å². The number of hydrogen-bond donors (Lipinski definition) is 0. The van der Waals surface area contributed by atoms with Gasteiger partial charge in [0.1, 0.15) is 17.5 Å². The van der Waals surface area contributed by atoms with Crippen molar-refractivity contribution in [1.82, 2.24) is 0 Å². The normalized spacial score (nSPS) is 20.9. The van der Waals surface area contributed by atoms with Crippen molar-refractivity contribution in [2.45, 2.75) is 25.7 Å². The number of carbonyl (C=O) groups excluding carboxylic acids is 2. The maximum atomic E-state index is 12.8. The van der Waals surface area contributed by atoms with Crippen LogP contribution < -0.4 is 0 Å². The lowest BCUT2D eigenvalue weighted by Gasteiger charge is -2.26. The summed E-state index contributed by atoms with van der Waals surface area (Å²) in [4.78, 5) is 30.2. The van der Waals surface area contributed by atoms with Crippen LogP contribution in [0.15, 0.2) is 77.8 Å². The molecule has 27 heavy (non-hydrogen) atoms. The van der Waals surface area contributed by atoms with Crippen LogP contribution in [0.1, 0.15) is 31.2 Å². The SMILES string of the molecule is CC(=Nc1cccc2ccccc12)C1C(=O)CC(c2ccccc2)CC1=O. The molecule has 1 aliphatic rings. The molecule has 3 nitrogen and oxygen atoms in total. The number of nitrogens with zero attached hydrogens (tertiary/aromatic N) is 1. The van der Waals surface area contributed by atoms with E-state index >= 15 is 0 Å². The van der Waals surface area contributed by atoms with Crippen molar-refractivity contribution < 1.29 is 9.59 Å². The third-order valence-corrected chi connectivity index (χ3v) is 5.29. The van der Waals surface area contributed by atoms with E-state index < -0.39 is 5.92 Å². The van der Waals surface area contributed by atoms with Crippen LogP contribution in [-0.2, 0) is 9.59 Å². The summed E-state index contributed by atoms with van der Waals surface area (Å²) >= 11 is 0. The number of fused-ring (bicyclic) bond motifs is 1. The Kier molecular flexibility index (Phi) is 4.68. The lowest BCUT2D eigenvalue weighted by molar-refractivity contribution is -0.133. The minimum atomic E-state index is -0.719. The van der Waals surface area contributed by atoms with Gasteiger partial charge in [0.05, 0.1) is 5.69 Å². The first-order chi connectivity index (χ1) is 13.1. The second-order valence-corrected chi connectivity index (χ2v) is 7.13. The second-order valence-electron chi connectivity index (χ2n) is 7.13. The molecule has 3 aromatic rings. The van der Waals surface area contributed by atoms with E-state index in [-0.39, 0.29) is 17.5 Å². The van der Waals surface area contributed by atoms with Crippen molar-refractivity contribution >= 4 is 33.7 Å². The first-order valence-corrected chi connectivity index (χ1v) is 9.27. The molecular weight excluding hydrogens is 334 g/mol. The highest BCUT2D eigenvalue weighted by Crippen LogP contribution is 2.33. The first-order valence-electron chi connectivity index (χ1n) is 9.27. The van der Waals surface area contributed by atoms with Gasteiger partial charge in [-0.15, -0.1) is 0 Å². The quantitative estimate of drug-likeness (QED) is 0.475. The number of hydrogen-bond acceptors (Lipinski definition) is 3. The molecule has 0 radical (unpaired) electrons. The molecule has 0 heterocycles. The Labute approximate surface area is 158 Å². The molecule has 0 N–H and O–H groups in total. The Balaban J connectivity index is 1.62. The summed E-state index contributed by atoms with van der Waals surface area (Å²) in [6, 6.07) is 23.7. The third-order valence-electron chi connectivity index (χ3n) is 5.29. The van der Waals surface area contributed by atoms with E-state index in [2.05, 4.69) is 4.99 Å². The number of benzene rings is 3. The topological polar surface area (TPSA) is 46.5 Å². The van der Waals surface area contributed by atoms with Gasteiger partial charge in [0.15, 0.2) is 0 Å². The van der Waals surface area contributed by atoms with Crippen molar-refractivity contribution in [3.63, 3.8) is 0 Å². The maximum Gasteiger partial charge on any atom is 0.149 e. The minimum Gasteiger partial charge on any atom is -0.298 e. The molecule has 0 aliphatic heterocycles. The minimum absolute atomic E-state index is 0.0206. The molecule has 1 saturated carbocycles. The van der Waals surface area contributed by atoms with Crippen LogP contribution in [0.3, 0.4) is 0 Å². The molecule has 3 aromatic carbocycles. The van der Waals surface area contributed by atoms with Crippen LogP contribution in [0.2, 0.25) is 0 Å². The van der Waals surface area contributed by atoms with Gasteiger partial charge in [-0.25, -0.2) is 0 Å². The van der Waals surface area contributed by atoms with Crippen molar-refractivity contribution in [2.75, 3.05) is 0 Å². The van der Waals surface area contributed by atoms with Gasteiger partial charge in [0.25, 0.3) is 0 Å². The standard InChI is InChI=1S/C24H21NO2/c1-16(25-21-13-7-11-18-10-5-6-12-20(18)21)24-22(26)14-19(15-23(24)27)17-8-3-2-4-9-17/h2-13,19,24H,14-15H2,1H3. The molecule has 0 atom stereocenters. The van der Waals surface area contributed by atoms with Crippen LogP contribution in [-0.4, -0.2) is 17.3 Å². The van der Waals surface area contributed by atoms with E-state index in [0.29, 0.717) is 18.6 Å². The molecule has 0 bridgehead atoms. The summed E-state index contributed by atoms with van der Waals surface area (Å²) in [7, 11) is 0. The highest BCUT2D eigenvalue weighted by Gasteiger charge is 2.37. The van der Waals surface area contributed by atoms with Gasteiger partial charge < -0.3 is 0 Å². The van der Waals surface area contributed by atoms with E-state index in [4.69, 9.17) is 0 Å². The van der Waals surface area contributed by atoms with Crippen LogP contribution in [0.4, 0.5) is 5.69 Å². The van der Waals surface area contributed by atoms with Crippen molar-refractivity contribution in [2.24, 2.45) is 10.9 Å². The van der Waals surface area contributed by atoms with E-state index in [1.165, 1.54) is 0 Å². The van der Waals surface area contributed by atoms with Gasteiger partial charge in [-0.05, 0) is 29.9 Å². The fourth-order valence-electron chi connectivity index (χ4n) is 3.96. The lowest BCUT2D eigenvalue weighted by atomic mass is 9.75. The monoisotopic (exact) mass is 355 g/mol. The van der Waals surface area contributed by atoms with E-state index in [9.17, 15) is 9.59 Å². The number of aliphatic imine (C=N–C) groups is 1. The molecule has 134 valence electrons. The number of carbonyl (C=O) groups is 2. The van der Waals surface area contributed by atoms with Crippen molar-refractivity contribution in [3.05, 3.63) is 78.4 Å². The van der Waals surface area contributed by atoms with E-state index in [1.54, 1.807) is 6.92 Å². The molecule has 0 amide bonds. The van der Waals surface area contributed by atoms with Crippen LogP contribution >= 0.6 is 0 Å². The van der Waals surface area contributed by atoms with Gasteiger partial charge in [-0.2, -0.15) is 0 Å². The van der Waals surface area contributed by atoms with Gasteiger partial charge in [0.2, 0.25) is 0 Å². The summed E-state index contributed by atoms with van der Waals surface area (Å²) in [5.41, 5.74) is 2.45. The Morgan fingerprint density at radius 2 is 1.44 bits per heavy atom. The smallest absolute Gasteiger partial charge is 0.149 e. The average Bonchev–Trinajstić information content (AvgIpc) is 2.68. The van der Waals surface area contributed by atoms with Gasteiger partial charge in [-0.1, -0.05) is 66.7 Å². The number of Topliss-reactive ketones (excluding diaryl/α,β-unsaturated/α-hetero) is 2. The molecule has 1 aliphatic carbocycles. The van der Waals surface area contributed by atoms with Crippen molar-refractivity contribution in [1.29, 1.82) is 0 Å². The summed E-state index contributed by atoms with van der Waals surface area (Å²) in [6.45, 7) is 1.80.